The molecule has 0 aliphatic rings. The third-order valence-corrected chi connectivity index (χ3v) is 5.79. The normalized spacial score (nSPS) is 11.3. The van der Waals surface area contributed by atoms with Gasteiger partial charge in [0.2, 0.25) is 5.88 Å². The van der Waals surface area contributed by atoms with Gasteiger partial charge in [0.1, 0.15) is 5.75 Å². The van der Waals surface area contributed by atoms with Crippen LogP contribution in [0.4, 0.5) is 0 Å². The second-order valence-electron chi connectivity index (χ2n) is 6.85. The zero-order valence-electron chi connectivity index (χ0n) is 16.3. The predicted octanol–water partition coefficient (Wildman–Crippen LogP) is 5.07. The summed E-state index contributed by atoms with van der Waals surface area (Å²) in [4.78, 5) is 13.0. The summed E-state index contributed by atoms with van der Waals surface area (Å²) < 4.78 is 15.4. The monoisotopic (exact) mass is 429 g/mol. The highest BCUT2D eigenvalue weighted by Gasteiger charge is 2.17. The highest BCUT2D eigenvalue weighted by atomic mass is 35.5. The number of ether oxygens (including phenoxy) is 2. The van der Waals surface area contributed by atoms with Crippen LogP contribution in [-0.2, 0) is 6.73 Å². The van der Waals surface area contributed by atoms with Gasteiger partial charge in [0.25, 0.3) is 5.56 Å². The Bertz CT molecular complexity index is 1210. The lowest BCUT2D eigenvalue weighted by atomic mass is 9.99. The van der Waals surface area contributed by atoms with E-state index < -0.39 is 0 Å². The van der Waals surface area contributed by atoms with Crippen LogP contribution in [-0.4, -0.2) is 20.8 Å². The van der Waals surface area contributed by atoms with E-state index >= 15 is 0 Å². The van der Waals surface area contributed by atoms with Crippen molar-refractivity contribution in [2.45, 2.75) is 26.5 Å². The first-order chi connectivity index (χ1) is 14.0. The molecular formula is C21H20ClN3O3S. The molecule has 2 aromatic carbocycles. The maximum Gasteiger partial charge on any atom is 0.271 e. The summed E-state index contributed by atoms with van der Waals surface area (Å²) >= 11 is 7.44. The van der Waals surface area contributed by atoms with Gasteiger partial charge in [-0.2, -0.15) is 9.78 Å². The van der Waals surface area contributed by atoms with Crippen molar-refractivity contribution >= 4 is 33.2 Å². The third-order valence-electron chi connectivity index (χ3n) is 4.59. The van der Waals surface area contributed by atoms with Crippen LogP contribution >= 0.6 is 23.1 Å². The Hall–Kier alpha value is -2.77. The van der Waals surface area contributed by atoms with Crippen molar-refractivity contribution in [1.29, 1.82) is 0 Å². The molecule has 0 aliphatic heterocycles. The molecule has 0 N–H and O–H groups in total. The van der Waals surface area contributed by atoms with E-state index in [0.717, 1.165) is 21.7 Å². The van der Waals surface area contributed by atoms with Crippen LogP contribution in [0, 0.1) is 0 Å². The van der Waals surface area contributed by atoms with Gasteiger partial charge in [0.05, 0.1) is 22.9 Å². The largest absolute Gasteiger partial charge is 0.497 e. The number of halogens is 1. The van der Waals surface area contributed by atoms with Gasteiger partial charge in [-0.05, 0) is 35.7 Å². The van der Waals surface area contributed by atoms with Gasteiger partial charge in [0.15, 0.2) is 11.9 Å². The molecule has 150 valence electrons. The summed E-state index contributed by atoms with van der Waals surface area (Å²) in [5, 5.41) is 5.31. The van der Waals surface area contributed by atoms with Gasteiger partial charge >= 0.3 is 0 Å². The smallest absolute Gasteiger partial charge is 0.271 e. The average Bonchev–Trinajstić information content (AvgIpc) is 3.25. The third kappa shape index (κ3) is 3.75. The Kier molecular flexibility index (Phi) is 5.34. The van der Waals surface area contributed by atoms with E-state index in [9.17, 15) is 4.79 Å². The van der Waals surface area contributed by atoms with Crippen LogP contribution in [0.15, 0.2) is 53.3 Å². The molecule has 4 rings (SSSR count). The number of benzene rings is 2. The summed E-state index contributed by atoms with van der Waals surface area (Å²) in [6, 6.07) is 15.0. The predicted molar refractivity (Wildman–Crippen MR) is 116 cm³/mol. The molecule has 0 aliphatic carbocycles. The van der Waals surface area contributed by atoms with Crippen LogP contribution in [0.2, 0.25) is 5.15 Å². The zero-order valence-corrected chi connectivity index (χ0v) is 17.8. The van der Waals surface area contributed by atoms with E-state index in [-0.39, 0.29) is 18.2 Å². The number of hydrogen-bond donors (Lipinski definition) is 0. The molecule has 0 radical (unpaired) electrons. The molecule has 0 atom stereocenters. The lowest BCUT2D eigenvalue weighted by molar-refractivity contribution is 0.229. The van der Waals surface area contributed by atoms with Crippen LogP contribution in [0.3, 0.4) is 0 Å². The fourth-order valence-corrected chi connectivity index (χ4v) is 4.32. The lowest BCUT2D eigenvalue weighted by Crippen LogP contribution is -2.18. The van der Waals surface area contributed by atoms with Gasteiger partial charge in [-0.3, -0.25) is 4.79 Å². The highest BCUT2D eigenvalue weighted by molar-refractivity contribution is 7.13. The molecule has 2 aromatic heterocycles. The number of fused-ring (bicyclic) bond motifs is 1. The zero-order chi connectivity index (χ0) is 20.5. The quantitative estimate of drug-likeness (QED) is 0.429. The van der Waals surface area contributed by atoms with E-state index in [1.807, 2.05) is 42.5 Å². The first kappa shape index (κ1) is 19.5. The Morgan fingerprint density at radius 3 is 2.62 bits per heavy atom. The molecule has 0 amide bonds. The molecule has 0 fully saturated rings. The van der Waals surface area contributed by atoms with Crippen molar-refractivity contribution in [1.82, 2.24) is 13.7 Å². The van der Waals surface area contributed by atoms with E-state index in [1.54, 1.807) is 21.8 Å². The minimum absolute atomic E-state index is 0.0624. The number of methoxy groups -OCH3 is 1. The van der Waals surface area contributed by atoms with Crippen molar-refractivity contribution in [3.05, 3.63) is 69.6 Å². The van der Waals surface area contributed by atoms with Crippen molar-refractivity contribution in [2.24, 2.45) is 0 Å². The summed E-state index contributed by atoms with van der Waals surface area (Å²) in [6.07, 6.45) is 0. The fraction of sp³-hybridized carbons (Fsp3) is 0.238. The summed E-state index contributed by atoms with van der Waals surface area (Å²) in [5.74, 6) is 1.40. The Labute approximate surface area is 177 Å². The van der Waals surface area contributed by atoms with Crippen molar-refractivity contribution in [3.8, 4) is 17.3 Å². The number of hydrogen-bond acceptors (Lipinski definition) is 5. The SMILES string of the molecule is COc1cc(C(C)C)c2c(=O)n(COc3cc(Cl)nn3-c3ccccc3)sc2c1. The van der Waals surface area contributed by atoms with E-state index in [0.29, 0.717) is 16.4 Å². The molecule has 29 heavy (non-hydrogen) atoms. The summed E-state index contributed by atoms with van der Waals surface area (Å²) in [6.45, 7) is 4.19. The maximum atomic E-state index is 13.0. The van der Waals surface area contributed by atoms with E-state index in [1.165, 1.54) is 11.5 Å². The maximum absolute atomic E-state index is 13.0. The van der Waals surface area contributed by atoms with Gasteiger partial charge in [-0.1, -0.05) is 55.2 Å². The molecule has 0 unspecified atom stereocenters. The molecular weight excluding hydrogens is 410 g/mol. The Morgan fingerprint density at radius 2 is 1.93 bits per heavy atom. The Morgan fingerprint density at radius 1 is 1.17 bits per heavy atom. The number of nitrogens with zero attached hydrogens (tertiary/aromatic N) is 3. The minimum Gasteiger partial charge on any atom is -0.497 e. The minimum atomic E-state index is -0.0757. The molecule has 0 bridgehead atoms. The van der Waals surface area contributed by atoms with Crippen molar-refractivity contribution in [2.75, 3.05) is 7.11 Å². The second kappa shape index (κ2) is 7.93. The topological polar surface area (TPSA) is 58.3 Å². The summed E-state index contributed by atoms with van der Waals surface area (Å²) in [7, 11) is 1.63. The van der Waals surface area contributed by atoms with Gasteiger partial charge < -0.3 is 9.47 Å². The first-order valence-corrected chi connectivity index (χ1v) is 10.3. The number of para-hydroxylation sites is 1. The summed E-state index contributed by atoms with van der Waals surface area (Å²) in [5.41, 5.74) is 1.72. The molecule has 6 nitrogen and oxygen atoms in total. The number of rotatable bonds is 6. The van der Waals surface area contributed by atoms with Crippen LogP contribution in [0.25, 0.3) is 15.8 Å². The molecule has 4 aromatic rings. The number of aromatic nitrogens is 3. The van der Waals surface area contributed by atoms with Crippen LogP contribution in [0.5, 0.6) is 11.6 Å². The molecule has 0 spiro atoms. The van der Waals surface area contributed by atoms with Crippen molar-refractivity contribution in [3.63, 3.8) is 0 Å². The lowest BCUT2D eigenvalue weighted by Gasteiger charge is -2.09. The van der Waals surface area contributed by atoms with E-state index in [4.69, 9.17) is 21.1 Å². The molecule has 2 heterocycles. The highest BCUT2D eigenvalue weighted by Crippen LogP contribution is 2.31. The van der Waals surface area contributed by atoms with Gasteiger partial charge in [-0.15, -0.1) is 0 Å². The van der Waals surface area contributed by atoms with Gasteiger partial charge in [-0.25, -0.2) is 3.96 Å². The van der Waals surface area contributed by atoms with E-state index in [2.05, 4.69) is 18.9 Å². The molecule has 0 saturated heterocycles. The second-order valence-corrected chi connectivity index (χ2v) is 8.30. The molecule has 0 saturated carbocycles. The molecule has 8 heteroatoms. The van der Waals surface area contributed by atoms with Gasteiger partial charge in [0, 0.05) is 6.07 Å². The standard InChI is InChI=1S/C21H20ClN3O3S/c1-13(2)16-9-15(27-3)10-17-20(16)21(26)24(29-17)12-28-19-11-18(22)23-25(19)14-7-5-4-6-8-14/h4-11,13H,12H2,1-3H3. The Balaban J connectivity index is 1.69. The van der Waals surface area contributed by atoms with Crippen LogP contribution in [0.1, 0.15) is 25.3 Å². The fourth-order valence-electron chi connectivity index (χ4n) is 3.17. The van der Waals surface area contributed by atoms with Crippen LogP contribution < -0.4 is 15.0 Å². The average molecular weight is 430 g/mol. The van der Waals surface area contributed by atoms with Crippen molar-refractivity contribution < 1.29 is 9.47 Å². The first-order valence-electron chi connectivity index (χ1n) is 9.13.